The molecule has 1 fully saturated rings. The summed E-state index contributed by atoms with van der Waals surface area (Å²) in [6.07, 6.45) is 9.70. The van der Waals surface area contributed by atoms with Gasteiger partial charge in [0.05, 0.1) is 18.5 Å². The average molecular weight is 347 g/mol. The standard InChI is InChI=1S/C19H23ClN2O2/c1-18(24-2)8-7-16(11-15-3-5-17(20)6-4-15)12-19(18,23)13-22-10-9-21-14-22/h3-6,9-11,14,23H,7-8,12-13H2,1-2H3/b16-11+. The van der Waals surface area contributed by atoms with Gasteiger partial charge in [0.1, 0.15) is 5.60 Å². The van der Waals surface area contributed by atoms with E-state index in [9.17, 15) is 5.11 Å². The van der Waals surface area contributed by atoms with E-state index in [2.05, 4.69) is 11.1 Å². The van der Waals surface area contributed by atoms with Gasteiger partial charge < -0.3 is 14.4 Å². The number of imidazole rings is 1. The Hall–Kier alpha value is -1.62. The lowest BCUT2D eigenvalue weighted by Crippen LogP contribution is -2.58. The smallest absolute Gasteiger partial charge is 0.115 e. The summed E-state index contributed by atoms with van der Waals surface area (Å²) in [5.74, 6) is 0. The molecule has 1 saturated carbocycles. The number of hydrogen-bond donors (Lipinski definition) is 1. The molecule has 0 spiro atoms. The van der Waals surface area contributed by atoms with E-state index in [1.807, 2.05) is 42.0 Å². The van der Waals surface area contributed by atoms with Gasteiger partial charge in [0.15, 0.2) is 0 Å². The third kappa shape index (κ3) is 3.41. The van der Waals surface area contributed by atoms with Crippen molar-refractivity contribution in [2.75, 3.05) is 7.11 Å². The molecule has 5 heteroatoms. The minimum absolute atomic E-state index is 0.454. The Morgan fingerprint density at radius 3 is 2.75 bits per heavy atom. The molecule has 1 N–H and O–H groups in total. The summed E-state index contributed by atoms with van der Waals surface area (Å²) in [5.41, 5.74) is 0.739. The van der Waals surface area contributed by atoms with Crippen molar-refractivity contribution in [2.24, 2.45) is 0 Å². The van der Waals surface area contributed by atoms with Gasteiger partial charge in [0, 0.05) is 30.9 Å². The monoisotopic (exact) mass is 346 g/mol. The lowest BCUT2D eigenvalue weighted by atomic mass is 9.70. The molecule has 1 aliphatic carbocycles. The lowest BCUT2D eigenvalue weighted by molar-refractivity contribution is -0.179. The number of aliphatic hydroxyl groups is 1. The van der Waals surface area contributed by atoms with E-state index in [0.717, 1.165) is 23.4 Å². The molecule has 2 atom stereocenters. The fraction of sp³-hybridized carbons (Fsp3) is 0.421. The number of aromatic nitrogens is 2. The molecule has 24 heavy (non-hydrogen) atoms. The summed E-state index contributed by atoms with van der Waals surface area (Å²) in [6.45, 7) is 2.44. The SMILES string of the molecule is COC1(C)CC/C(=C\c2ccc(Cl)cc2)CC1(O)Cn1ccnc1. The first-order valence-electron chi connectivity index (χ1n) is 8.12. The van der Waals surface area contributed by atoms with Gasteiger partial charge >= 0.3 is 0 Å². The second kappa shape index (κ2) is 6.71. The van der Waals surface area contributed by atoms with Crippen LogP contribution in [0, 0.1) is 0 Å². The van der Waals surface area contributed by atoms with Gasteiger partial charge in [0.2, 0.25) is 0 Å². The molecular formula is C19H23ClN2O2. The van der Waals surface area contributed by atoms with E-state index in [-0.39, 0.29) is 0 Å². The van der Waals surface area contributed by atoms with E-state index >= 15 is 0 Å². The molecule has 2 aromatic rings. The number of hydrogen-bond acceptors (Lipinski definition) is 3. The van der Waals surface area contributed by atoms with E-state index in [4.69, 9.17) is 16.3 Å². The summed E-state index contributed by atoms with van der Waals surface area (Å²) < 4.78 is 7.63. The van der Waals surface area contributed by atoms with Crippen molar-refractivity contribution >= 4 is 17.7 Å². The molecule has 4 nitrogen and oxygen atoms in total. The van der Waals surface area contributed by atoms with Crippen molar-refractivity contribution < 1.29 is 9.84 Å². The van der Waals surface area contributed by atoms with Crippen LogP contribution in [0.4, 0.5) is 0 Å². The maximum absolute atomic E-state index is 11.4. The van der Waals surface area contributed by atoms with Gasteiger partial charge in [-0.05, 0) is 37.5 Å². The van der Waals surface area contributed by atoms with E-state index in [1.54, 1.807) is 19.6 Å². The summed E-state index contributed by atoms with van der Waals surface area (Å²) in [6, 6.07) is 7.75. The summed E-state index contributed by atoms with van der Waals surface area (Å²) in [4.78, 5) is 4.07. The fourth-order valence-electron chi connectivity index (χ4n) is 3.40. The number of rotatable bonds is 4. The third-order valence-electron chi connectivity index (χ3n) is 5.12. The summed E-state index contributed by atoms with van der Waals surface area (Å²) in [7, 11) is 1.67. The Bertz CT molecular complexity index is 711. The van der Waals surface area contributed by atoms with Crippen LogP contribution in [0.1, 0.15) is 31.7 Å². The normalized spacial score (nSPS) is 29.1. The number of ether oxygens (including phenoxy) is 1. The number of benzene rings is 1. The van der Waals surface area contributed by atoms with E-state index in [1.165, 1.54) is 5.57 Å². The molecular weight excluding hydrogens is 324 g/mol. The molecule has 128 valence electrons. The van der Waals surface area contributed by atoms with Crippen molar-refractivity contribution in [1.82, 2.24) is 9.55 Å². The van der Waals surface area contributed by atoms with E-state index < -0.39 is 11.2 Å². The Morgan fingerprint density at radius 2 is 2.12 bits per heavy atom. The summed E-state index contributed by atoms with van der Waals surface area (Å²) >= 11 is 5.95. The Balaban J connectivity index is 1.87. The molecule has 3 rings (SSSR count). The van der Waals surface area contributed by atoms with Crippen LogP contribution in [0.25, 0.3) is 6.08 Å². The first-order valence-corrected chi connectivity index (χ1v) is 8.50. The van der Waals surface area contributed by atoms with Crippen LogP contribution in [0.15, 0.2) is 48.6 Å². The van der Waals surface area contributed by atoms with Crippen LogP contribution in [-0.2, 0) is 11.3 Å². The van der Waals surface area contributed by atoms with Gasteiger partial charge in [-0.1, -0.05) is 35.4 Å². The fourth-order valence-corrected chi connectivity index (χ4v) is 3.52. The highest BCUT2D eigenvalue weighted by Gasteiger charge is 2.50. The predicted octanol–water partition coefficient (Wildman–Crippen LogP) is 3.94. The van der Waals surface area contributed by atoms with Crippen LogP contribution in [-0.4, -0.2) is 33.0 Å². The molecule has 1 heterocycles. The molecule has 1 aromatic heterocycles. The minimum Gasteiger partial charge on any atom is -0.385 e. The average Bonchev–Trinajstić information content (AvgIpc) is 3.06. The van der Waals surface area contributed by atoms with Crippen molar-refractivity contribution in [1.29, 1.82) is 0 Å². The Morgan fingerprint density at radius 1 is 1.38 bits per heavy atom. The number of halogens is 1. The molecule has 1 aromatic carbocycles. The zero-order chi connectivity index (χ0) is 17.2. The molecule has 2 unspecified atom stereocenters. The van der Waals surface area contributed by atoms with Gasteiger partial charge in [-0.15, -0.1) is 0 Å². The molecule has 0 saturated heterocycles. The third-order valence-corrected chi connectivity index (χ3v) is 5.37. The topological polar surface area (TPSA) is 47.3 Å². The molecule has 1 aliphatic rings. The maximum atomic E-state index is 11.4. The maximum Gasteiger partial charge on any atom is 0.115 e. The van der Waals surface area contributed by atoms with Crippen molar-refractivity contribution in [3.8, 4) is 0 Å². The minimum atomic E-state index is -0.987. The molecule has 0 aliphatic heterocycles. The molecule has 0 radical (unpaired) electrons. The van der Waals surface area contributed by atoms with Crippen LogP contribution >= 0.6 is 11.6 Å². The highest BCUT2D eigenvalue weighted by molar-refractivity contribution is 6.30. The van der Waals surface area contributed by atoms with Crippen molar-refractivity contribution in [3.63, 3.8) is 0 Å². The number of methoxy groups -OCH3 is 1. The van der Waals surface area contributed by atoms with Crippen LogP contribution in [0.5, 0.6) is 0 Å². The highest BCUT2D eigenvalue weighted by Crippen LogP contribution is 2.43. The zero-order valence-corrected chi connectivity index (χ0v) is 14.8. The second-order valence-electron chi connectivity index (χ2n) is 6.73. The quantitative estimate of drug-likeness (QED) is 0.912. The molecule has 0 amide bonds. The first kappa shape index (κ1) is 17.2. The zero-order valence-electron chi connectivity index (χ0n) is 14.1. The largest absolute Gasteiger partial charge is 0.385 e. The van der Waals surface area contributed by atoms with Crippen LogP contribution in [0.2, 0.25) is 5.02 Å². The molecule has 0 bridgehead atoms. The van der Waals surface area contributed by atoms with Gasteiger partial charge in [-0.25, -0.2) is 4.98 Å². The van der Waals surface area contributed by atoms with Gasteiger partial charge in [0.25, 0.3) is 0 Å². The number of nitrogens with zero attached hydrogens (tertiary/aromatic N) is 2. The Labute approximate surface area is 147 Å². The van der Waals surface area contributed by atoms with Crippen LogP contribution < -0.4 is 0 Å². The second-order valence-corrected chi connectivity index (χ2v) is 7.17. The Kier molecular flexibility index (Phi) is 4.81. The lowest BCUT2D eigenvalue weighted by Gasteiger charge is -2.48. The predicted molar refractivity (Wildman–Crippen MR) is 95.9 cm³/mol. The van der Waals surface area contributed by atoms with Crippen LogP contribution in [0.3, 0.4) is 0 Å². The highest BCUT2D eigenvalue weighted by atomic mass is 35.5. The van der Waals surface area contributed by atoms with Crippen molar-refractivity contribution in [3.05, 3.63) is 59.1 Å². The first-order chi connectivity index (χ1) is 11.4. The van der Waals surface area contributed by atoms with Gasteiger partial charge in [-0.2, -0.15) is 0 Å². The van der Waals surface area contributed by atoms with E-state index in [0.29, 0.717) is 13.0 Å². The van der Waals surface area contributed by atoms with Crippen molar-refractivity contribution in [2.45, 2.75) is 43.9 Å². The van der Waals surface area contributed by atoms with Gasteiger partial charge in [-0.3, -0.25) is 0 Å². The summed E-state index contributed by atoms with van der Waals surface area (Å²) in [5, 5.41) is 12.1.